The van der Waals surface area contributed by atoms with E-state index >= 15 is 0 Å². The second-order valence-electron chi connectivity index (χ2n) is 5.09. The zero-order valence-electron chi connectivity index (χ0n) is 11.4. The summed E-state index contributed by atoms with van der Waals surface area (Å²) in [6, 6.07) is 7.49. The Labute approximate surface area is 126 Å². The van der Waals surface area contributed by atoms with Gasteiger partial charge in [-0.2, -0.15) is 0 Å². The smallest absolute Gasteiger partial charge is 0.244 e. The molecule has 110 valence electrons. The van der Waals surface area contributed by atoms with Crippen LogP contribution in [0.1, 0.15) is 12.8 Å². The second kappa shape index (κ2) is 5.88. The summed E-state index contributed by atoms with van der Waals surface area (Å²) in [5.41, 5.74) is 7.84. The highest BCUT2D eigenvalue weighted by Gasteiger charge is 2.35. The van der Waals surface area contributed by atoms with E-state index in [0.29, 0.717) is 26.1 Å². The molecule has 0 aliphatic carbocycles. The summed E-state index contributed by atoms with van der Waals surface area (Å²) in [6.45, 7) is 1.05. The van der Waals surface area contributed by atoms with Gasteiger partial charge in [-0.1, -0.05) is 16.6 Å². The third-order valence-corrected chi connectivity index (χ3v) is 4.14. The predicted octanol–water partition coefficient (Wildman–Crippen LogP) is 1.65. The third-order valence-electron chi connectivity index (χ3n) is 3.64. The molecule has 2 heterocycles. The molecule has 1 aromatic heterocycles. The number of benzene rings is 1. The van der Waals surface area contributed by atoms with E-state index in [1.165, 1.54) is 11.5 Å². The van der Waals surface area contributed by atoms with Crippen LogP contribution in [-0.4, -0.2) is 34.2 Å². The van der Waals surface area contributed by atoms with Crippen LogP contribution in [-0.2, 0) is 9.53 Å². The van der Waals surface area contributed by atoms with Gasteiger partial charge in [-0.15, -0.1) is 5.10 Å². The van der Waals surface area contributed by atoms with Crippen LogP contribution in [0.25, 0.3) is 11.3 Å². The Bertz CT molecular complexity index is 606. The molecule has 6 nitrogen and oxygen atoms in total. The average molecular weight is 304 g/mol. The Morgan fingerprint density at radius 3 is 2.62 bits per heavy atom. The lowest BCUT2D eigenvalue weighted by Gasteiger charge is -2.31. The van der Waals surface area contributed by atoms with E-state index in [0.717, 1.165) is 16.9 Å². The number of nitrogens with zero attached hydrogens (tertiary/aromatic N) is 2. The molecule has 0 atom stereocenters. The molecule has 1 fully saturated rings. The van der Waals surface area contributed by atoms with E-state index < -0.39 is 5.54 Å². The van der Waals surface area contributed by atoms with Crippen molar-refractivity contribution >= 4 is 23.1 Å². The van der Waals surface area contributed by atoms with Crippen molar-refractivity contribution in [3.8, 4) is 11.3 Å². The minimum atomic E-state index is -0.838. The molecule has 1 aromatic carbocycles. The first kappa shape index (κ1) is 14.1. The molecular formula is C14H16N4O2S. The van der Waals surface area contributed by atoms with Gasteiger partial charge < -0.3 is 15.8 Å². The molecule has 0 saturated carbocycles. The Balaban J connectivity index is 1.69. The van der Waals surface area contributed by atoms with E-state index in [1.807, 2.05) is 29.6 Å². The Morgan fingerprint density at radius 2 is 2.00 bits per heavy atom. The minimum Gasteiger partial charge on any atom is -0.381 e. The number of carbonyl (C=O) groups excluding carboxylic acids is 1. The van der Waals surface area contributed by atoms with E-state index in [1.54, 1.807) is 0 Å². The number of nitrogens with one attached hydrogen (secondary N) is 1. The van der Waals surface area contributed by atoms with E-state index in [-0.39, 0.29) is 5.91 Å². The zero-order chi connectivity index (χ0) is 14.7. The maximum Gasteiger partial charge on any atom is 0.244 e. The highest BCUT2D eigenvalue weighted by Crippen LogP contribution is 2.23. The monoisotopic (exact) mass is 304 g/mol. The molecule has 21 heavy (non-hydrogen) atoms. The maximum absolute atomic E-state index is 12.3. The number of aromatic nitrogens is 2. The number of amides is 1. The highest BCUT2D eigenvalue weighted by atomic mass is 32.1. The zero-order valence-corrected chi connectivity index (χ0v) is 12.2. The molecular weight excluding hydrogens is 288 g/mol. The van der Waals surface area contributed by atoms with Crippen LogP contribution in [0, 0.1) is 0 Å². The Hall–Kier alpha value is -1.83. The van der Waals surface area contributed by atoms with Crippen molar-refractivity contribution in [1.82, 2.24) is 9.59 Å². The number of anilines is 1. The first-order valence-corrected chi connectivity index (χ1v) is 7.57. The van der Waals surface area contributed by atoms with Crippen molar-refractivity contribution in [2.45, 2.75) is 18.4 Å². The normalized spacial score (nSPS) is 17.4. The Morgan fingerprint density at radius 1 is 1.29 bits per heavy atom. The molecule has 7 heteroatoms. The lowest BCUT2D eigenvalue weighted by Crippen LogP contribution is -2.54. The molecule has 1 aliphatic heterocycles. The first-order valence-electron chi connectivity index (χ1n) is 6.73. The van der Waals surface area contributed by atoms with Gasteiger partial charge in [0, 0.05) is 29.8 Å². The molecule has 2 aromatic rings. The van der Waals surface area contributed by atoms with Crippen LogP contribution in [0.15, 0.2) is 29.6 Å². The molecule has 1 saturated heterocycles. The van der Waals surface area contributed by atoms with Crippen molar-refractivity contribution in [2.75, 3.05) is 18.5 Å². The first-order chi connectivity index (χ1) is 10.2. The third kappa shape index (κ3) is 3.10. The van der Waals surface area contributed by atoms with Crippen LogP contribution in [0.5, 0.6) is 0 Å². The van der Waals surface area contributed by atoms with Gasteiger partial charge >= 0.3 is 0 Å². The summed E-state index contributed by atoms with van der Waals surface area (Å²) in [7, 11) is 0. The summed E-state index contributed by atoms with van der Waals surface area (Å²) in [6.07, 6.45) is 1.09. The molecule has 3 rings (SSSR count). The molecule has 1 amide bonds. The Kier molecular flexibility index (Phi) is 3.96. The largest absolute Gasteiger partial charge is 0.381 e. The molecule has 0 radical (unpaired) electrons. The number of nitrogens with two attached hydrogens (primary N) is 1. The molecule has 1 aliphatic rings. The number of hydrogen-bond donors (Lipinski definition) is 2. The number of hydrogen-bond acceptors (Lipinski definition) is 6. The van der Waals surface area contributed by atoms with Crippen LogP contribution in [0.4, 0.5) is 5.69 Å². The van der Waals surface area contributed by atoms with Crippen LogP contribution in [0.2, 0.25) is 0 Å². The van der Waals surface area contributed by atoms with Gasteiger partial charge in [0.05, 0.1) is 0 Å². The SMILES string of the molecule is NC1(C(=O)Nc2ccc(-c3csnn3)cc2)CCOCC1. The minimum absolute atomic E-state index is 0.158. The second-order valence-corrected chi connectivity index (χ2v) is 5.70. The van der Waals surface area contributed by atoms with Crippen molar-refractivity contribution < 1.29 is 9.53 Å². The average Bonchev–Trinajstić information content (AvgIpc) is 3.03. The van der Waals surface area contributed by atoms with Crippen molar-refractivity contribution in [1.29, 1.82) is 0 Å². The van der Waals surface area contributed by atoms with Crippen molar-refractivity contribution in [3.05, 3.63) is 29.6 Å². The quantitative estimate of drug-likeness (QED) is 0.900. The van der Waals surface area contributed by atoms with Gasteiger partial charge in [-0.3, -0.25) is 4.79 Å². The molecule has 0 bridgehead atoms. The summed E-state index contributed by atoms with van der Waals surface area (Å²) < 4.78 is 9.08. The molecule has 0 spiro atoms. The standard InChI is InChI=1S/C14H16N4O2S/c15-14(5-7-20-8-6-14)13(19)16-11-3-1-10(2-4-11)12-9-21-18-17-12/h1-4,9H,5-8,15H2,(H,16,19). The van der Waals surface area contributed by atoms with Crippen LogP contribution < -0.4 is 11.1 Å². The van der Waals surface area contributed by atoms with Crippen molar-refractivity contribution in [3.63, 3.8) is 0 Å². The van der Waals surface area contributed by atoms with Crippen LogP contribution in [0.3, 0.4) is 0 Å². The lowest BCUT2D eigenvalue weighted by molar-refractivity contribution is -0.124. The van der Waals surface area contributed by atoms with E-state index in [4.69, 9.17) is 10.5 Å². The maximum atomic E-state index is 12.3. The van der Waals surface area contributed by atoms with E-state index in [9.17, 15) is 4.79 Å². The lowest BCUT2D eigenvalue weighted by atomic mass is 9.90. The molecule has 3 N–H and O–H groups in total. The van der Waals surface area contributed by atoms with Gasteiger partial charge in [0.15, 0.2) is 0 Å². The van der Waals surface area contributed by atoms with Gasteiger partial charge in [0.1, 0.15) is 11.2 Å². The van der Waals surface area contributed by atoms with Crippen molar-refractivity contribution in [2.24, 2.45) is 5.73 Å². The van der Waals surface area contributed by atoms with Gasteiger partial charge in [-0.25, -0.2) is 0 Å². The van der Waals surface area contributed by atoms with Crippen LogP contribution >= 0.6 is 11.5 Å². The molecule has 0 unspecified atom stereocenters. The number of ether oxygens (including phenoxy) is 1. The number of carbonyl (C=O) groups is 1. The summed E-state index contributed by atoms with van der Waals surface area (Å²) in [4.78, 5) is 12.3. The predicted molar refractivity (Wildman–Crippen MR) is 80.9 cm³/mol. The highest BCUT2D eigenvalue weighted by molar-refractivity contribution is 7.03. The summed E-state index contributed by atoms with van der Waals surface area (Å²) in [5, 5.41) is 8.76. The van der Waals surface area contributed by atoms with Gasteiger partial charge in [0.25, 0.3) is 0 Å². The summed E-state index contributed by atoms with van der Waals surface area (Å²) in [5.74, 6) is -0.158. The topological polar surface area (TPSA) is 90.1 Å². The fourth-order valence-corrected chi connectivity index (χ4v) is 2.70. The summed E-state index contributed by atoms with van der Waals surface area (Å²) >= 11 is 1.31. The number of rotatable bonds is 3. The van der Waals surface area contributed by atoms with Gasteiger partial charge in [0.2, 0.25) is 5.91 Å². The fourth-order valence-electron chi connectivity index (χ4n) is 2.23. The van der Waals surface area contributed by atoms with Gasteiger partial charge in [-0.05, 0) is 36.5 Å². The fraction of sp³-hybridized carbons (Fsp3) is 0.357. The van der Waals surface area contributed by atoms with E-state index in [2.05, 4.69) is 14.9 Å².